The zero-order valence-electron chi connectivity index (χ0n) is 45.3. The zero-order valence-corrected chi connectivity index (χ0v) is 45.3. The molecule has 0 bridgehead atoms. The minimum Gasteiger partial charge on any atom is -0.481 e. The van der Waals surface area contributed by atoms with Gasteiger partial charge >= 0.3 is 11.9 Å². The second-order valence-corrected chi connectivity index (χ2v) is 20.4. The Morgan fingerprint density at radius 3 is 1.32 bits per heavy atom. The summed E-state index contributed by atoms with van der Waals surface area (Å²) in [7, 11) is 0. The standard InChI is InChI=1S/C53H74N12O15/c1-25(2)17-36(60-45(71)27(5)58-52(78)44(55)28(6)67)47(73)64-40(21-43(69)70)50(76)62-39(20-30-23-57-34-14-10-8-12-32(30)34)49(75)65-41(24-66)51(77)63-38(19-29-22-56-33-13-9-7-11-31(29)33)48(74)61-37(18-26(3)4)46(72)59-35(53(79)80)15-16-42(54)68/h7-14,22-23,25-28,35-41,44,56-57,66-67H,15-21,24,55H2,1-6H3,(H2,54,68)(H,58,78)(H,59,72)(H,60,71)(H,61,74)(H,62,76)(H,63,77)(H,64,73)(H,65,75)(H,69,70)(H,79,80). The van der Waals surface area contributed by atoms with Gasteiger partial charge in [-0.15, -0.1) is 0 Å². The molecule has 10 unspecified atom stereocenters. The van der Waals surface area contributed by atoms with Crippen LogP contribution in [0.1, 0.15) is 84.8 Å². The molecule has 0 saturated heterocycles. The van der Waals surface area contributed by atoms with Gasteiger partial charge in [-0.05, 0) is 68.2 Å². The summed E-state index contributed by atoms with van der Waals surface area (Å²) in [5.41, 5.74) is 13.2. The number of rotatable bonds is 32. The molecule has 9 amide bonds. The summed E-state index contributed by atoms with van der Waals surface area (Å²) in [5.74, 6) is -12.3. The number of hydrogen-bond acceptors (Lipinski definition) is 14. The third-order valence-corrected chi connectivity index (χ3v) is 12.8. The van der Waals surface area contributed by atoms with E-state index in [-0.39, 0.29) is 50.4 Å². The highest BCUT2D eigenvalue weighted by molar-refractivity contribution is 5.99. The molecular weight excluding hydrogens is 1040 g/mol. The number of primary amides is 1. The predicted molar refractivity (Wildman–Crippen MR) is 289 cm³/mol. The van der Waals surface area contributed by atoms with Crippen molar-refractivity contribution >= 4 is 86.9 Å². The fourth-order valence-electron chi connectivity index (χ4n) is 8.51. The minimum absolute atomic E-state index is 0.0131. The van der Waals surface area contributed by atoms with Crippen molar-refractivity contribution in [2.75, 3.05) is 6.61 Å². The van der Waals surface area contributed by atoms with Crippen LogP contribution in [0.5, 0.6) is 0 Å². The Balaban J connectivity index is 1.64. The molecule has 0 saturated carbocycles. The molecule has 4 aromatic rings. The lowest BCUT2D eigenvalue weighted by atomic mass is 10.00. The number of H-pyrrole nitrogens is 2. The Morgan fingerprint density at radius 2 is 0.900 bits per heavy atom. The predicted octanol–water partition coefficient (Wildman–Crippen LogP) is -2.05. The number of aromatic amines is 2. The summed E-state index contributed by atoms with van der Waals surface area (Å²) in [6.45, 7) is 8.40. The van der Waals surface area contributed by atoms with Crippen LogP contribution in [0.3, 0.4) is 0 Å². The summed E-state index contributed by atoms with van der Waals surface area (Å²) in [5, 5.41) is 60.9. The van der Waals surface area contributed by atoms with Crippen molar-refractivity contribution in [1.82, 2.24) is 52.5 Å². The lowest BCUT2D eigenvalue weighted by Gasteiger charge is -2.28. The number of carbonyl (C=O) groups excluding carboxylic acids is 9. The quantitative estimate of drug-likeness (QED) is 0.0250. The van der Waals surface area contributed by atoms with Crippen molar-refractivity contribution in [1.29, 1.82) is 0 Å². The Hall–Kier alpha value is -8.43. The van der Waals surface area contributed by atoms with Crippen LogP contribution in [0.25, 0.3) is 21.8 Å². The number of carboxylic acid groups (broad SMARTS) is 2. The highest BCUT2D eigenvalue weighted by Crippen LogP contribution is 2.21. The molecule has 2 heterocycles. The molecule has 436 valence electrons. The molecule has 0 aliphatic carbocycles. The second-order valence-electron chi connectivity index (χ2n) is 20.4. The van der Waals surface area contributed by atoms with Crippen molar-refractivity contribution in [2.24, 2.45) is 23.3 Å². The Bertz CT molecular complexity index is 2870. The Labute approximate surface area is 460 Å². The van der Waals surface area contributed by atoms with Gasteiger partial charge in [0, 0.05) is 53.5 Å². The van der Waals surface area contributed by atoms with E-state index in [9.17, 15) is 73.2 Å². The summed E-state index contributed by atoms with van der Waals surface area (Å²) in [4.78, 5) is 153. The van der Waals surface area contributed by atoms with E-state index in [1.54, 1.807) is 88.6 Å². The molecular formula is C53H74N12O15. The van der Waals surface area contributed by atoms with Crippen molar-refractivity contribution < 1.29 is 73.2 Å². The van der Waals surface area contributed by atoms with Gasteiger partial charge in [0.05, 0.1) is 19.1 Å². The van der Waals surface area contributed by atoms with Crippen molar-refractivity contribution in [3.8, 4) is 0 Å². The van der Waals surface area contributed by atoms with E-state index in [4.69, 9.17) is 11.5 Å². The Morgan fingerprint density at radius 1 is 0.512 bits per heavy atom. The van der Waals surface area contributed by atoms with Crippen molar-refractivity contribution in [2.45, 2.75) is 147 Å². The maximum Gasteiger partial charge on any atom is 0.326 e. The fraction of sp³-hybridized carbons (Fsp3) is 0.491. The van der Waals surface area contributed by atoms with E-state index in [2.05, 4.69) is 52.5 Å². The van der Waals surface area contributed by atoms with Gasteiger partial charge in [-0.3, -0.25) is 47.9 Å². The van der Waals surface area contributed by atoms with Gasteiger partial charge < -0.3 is 84.4 Å². The molecule has 4 rings (SSSR count). The largest absolute Gasteiger partial charge is 0.481 e. The maximum atomic E-state index is 14.5. The number of nitrogens with two attached hydrogens (primary N) is 2. The van der Waals surface area contributed by atoms with Crippen LogP contribution in [-0.2, 0) is 65.6 Å². The highest BCUT2D eigenvalue weighted by Gasteiger charge is 2.36. The smallest absolute Gasteiger partial charge is 0.326 e. The first kappa shape index (κ1) is 64.1. The molecule has 0 spiro atoms. The molecule has 0 aliphatic rings. The number of benzene rings is 2. The van der Waals surface area contributed by atoms with Crippen LogP contribution in [0.4, 0.5) is 0 Å². The van der Waals surface area contributed by atoms with E-state index < -0.39 is 139 Å². The number of hydrogen-bond donors (Lipinski definition) is 16. The van der Waals surface area contributed by atoms with Gasteiger partial charge in [-0.2, -0.15) is 0 Å². The molecule has 18 N–H and O–H groups in total. The van der Waals surface area contributed by atoms with E-state index in [0.717, 1.165) is 0 Å². The fourth-order valence-corrected chi connectivity index (χ4v) is 8.51. The average molecular weight is 1120 g/mol. The number of nitrogens with one attached hydrogen (secondary N) is 10. The first-order chi connectivity index (χ1) is 37.7. The van der Waals surface area contributed by atoms with E-state index in [0.29, 0.717) is 32.9 Å². The maximum absolute atomic E-state index is 14.5. The van der Waals surface area contributed by atoms with Crippen LogP contribution in [0.15, 0.2) is 60.9 Å². The number of fused-ring (bicyclic) bond motifs is 2. The molecule has 80 heavy (non-hydrogen) atoms. The number of aliphatic carboxylic acids is 2. The molecule has 27 nitrogen and oxygen atoms in total. The van der Waals surface area contributed by atoms with Crippen LogP contribution >= 0.6 is 0 Å². The van der Waals surface area contributed by atoms with Crippen LogP contribution in [-0.4, -0.2) is 163 Å². The van der Waals surface area contributed by atoms with Crippen LogP contribution in [0.2, 0.25) is 0 Å². The van der Waals surface area contributed by atoms with Gasteiger partial charge in [-0.25, -0.2) is 4.79 Å². The molecule has 0 radical (unpaired) electrons. The molecule has 0 fully saturated rings. The number of aliphatic hydroxyl groups is 2. The molecule has 0 aliphatic heterocycles. The van der Waals surface area contributed by atoms with Gasteiger partial charge in [0.1, 0.15) is 54.4 Å². The normalized spacial score (nSPS) is 15.1. The number of carboxylic acids is 2. The van der Waals surface area contributed by atoms with Gasteiger partial charge in [0.2, 0.25) is 53.2 Å². The lowest BCUT2D eigenvalue weighted by Crippen LogP contribution is -2.61. The monoisotopic (exact) mass is 1120 g/mol. The number of carbonyl (C=O) groups is 11. The molecule has 2 aromatic carbocycles. The third kappa shape index (κ3) is 19.2. The topological polar surface area (TPSA) is 449 Å². The highest BCUT2D eigenvalue weighted by atomic mass is 16.4. The van der Waals surface area contributed by atoms with Crippen molar-refractivity contribution in [3.63, 3.8) is 0 Å². The summed E-state index contributed by atoms with van der Waals surface area (Å²) < 4.78 is 0. The van der Waals surface area contributed by atoms with Crippen LogP contribution in [0, 0.1) is 11.8 Å². The molecule has 2 aromatic heterocycles. The lowest BCUT2D eigenvalue weighted by molar-refractivity contribution is -0.143. The van der Waals surface area contributed by atoms with Gasteiger partial charge in [-0.1, -0.05) is 64.1 Å². The zero-order chi connectivity index (χ0) is 59.5. The first-order valence-electron chi connectivity index (χ1n) is 26.0. The Kier molecular flexibility index (Phi) is 24.1. The summed E-state index contributed by atoms with van der Waals surface area (Å²) >= 11 is 0. The van der Waals surface area contributed by atoms with E-state index in [1.165, 1.54) is 13.8 Å². The van der Waals surface area contributed by atoms with Gasteiger partial charge in [0.15, 0.2) is 0 Å². The van der Waals surface area contributed by atoms with Gasteiger partial charge in [0.25, 0.3) is 0 Å². The molecule has 27 heteroatoms. The third-order valence-electron chi connectivity index (χ3n) is 12.8. The first-order valence-corrected chi connectivity index (χ1v) is 26.0. The summed E-state index contributed by atoms with van der Waals surface area (Å²) in [6.07, 6.45) is -0.440. The van der Waals surface area contributed by atoms with Crippen LogP contribution < -0.4 is 54.0 Å². The number of aromatic nitrogens is 2. The minimum atomic E-state index is -1.89. The van der Waals surface area contributed by atoms with E-state index >= 15 is 0 Å². The summed E-state index contributed by atoms with van der Waals surface area (Å²) in [6, 6.07) is 0.0251. The number of amides is 9. The SMILES string of the molecule is CC(C)CC(NC(=O)C(C)NC(=O)C(N)C(C)O)C(=O)NC(CC(=O)O)C(=O)NC(Cc1c[nH]c2ccccc12)C(=O)NC(CO)C(=O)NC(Cc1c[nH]c2ccccc12)C(=O)NC(CC(C)C)C(=O)NC(CCC(N)=O)C(=O)O. The van der Waals surface area contributed by atoms with Crippen molar-refractivity contribution in [3.05, 3.63) is 72.1 Å². The molecule has 10 atom stereocenters. The second kappa shape index (κ2) is 30.1. The number of para-hydroxylation sites is 2. The van der Waals surface area contributed by atoms with E-state index in [1.807, 2.05) is 0 Å². The number of aliphatic hydroxyl groups excluding tert-OH is 2. The average Bonchev–Trinajstić information content (AvgIpc) is 4.00.